The molecule has 108 valence electrons. The van der Waals surface area contributed by atoms with Crippen molar-refractivity contribution in [1.29, 1.82) is 0 Å². The second-order valence-corrected chi connectivity index (χ2v) is 5.48. The standard InChI is InChI=1S/C12H13Cl2N3O3/c13-9-4-7(17(19)20)3-8(11(9)14)12(18)16-10(5-15)6-1-2-6/h3-4,6,10H,1-2,5,15H2,(H,16,18). The summed E-state index contributed by atoms with van der Waals surface area (Å²) in [6, 6.07) is 2.09. The molecule has 0 spiro atoms. The van der Waals surface area contributed by atoms with Crippen LogP contribution in [0.4, 0.5) is 5.69 Å². The zero-order valence-corrected chi connectivity index (χ0v) is 11.9. The molecular weight excluding hydrogens is 305 g/mol. The molecule has 0 aliphatic heterocycles. The van der Waals surface area contributed by atoms with Gasteiger partial charge >= 0.3 is 0 Å². The Morgan fingerprint density at radius 3 is 2.65 bits per heavy atom. The van der Waals surface area contributed by atoms with Crippen LogP contribution in [0.2, 0.25) is 10.0 Å². The molecule has 0 heterocycles. The minimum absolute atomic E-state index is 0.00124. The van der Waals surface area contributed by atoms with Crippen LogP contribution in [0.1, 0.15) is 23.2 Å². The van der Waals surface area contributed by atoms with E-state index in [1.165, 1.54) is 0 Å². The number of nitrogens with zero attached hydrogens (tertiary/aromatic N) is 1. The minimum Gasteiger partial charge on any atom is -0.348 e. The summed E-state index contributed by atoms with van der Waals surface area (Å²) in [7, 11) is 0. The maximum absolute atomic E-state index is 12.2. The number of nitrogens with one attached hydrogen (secondary N) is 1. The third-order valence-electron chi connectivity index (χ3n) is 3.23. The Hall–Kier alpha value is -1.37. The highest BCUT2D eigenvalue weighted by molar-refractivity contribution is 6.44. The van der Waals surface area contributed by atoms with Crippen molar-refractivity contribution in [3.8, 4) is 0 Å². The van der Waals surface area contributed by atoms with Gasteiger partial charge in [0.25, 0.3) is 11.6 Å². The summed E-state index contributed by atoms with van der Waals surface area (Å²) in [4.78, 5) is 22.3. The van der Waals surface area contributed by atoms with Crippen molar-refractivity contribution in [2.45, 2.75) is 18.9 Å². The number of hydrogen-bond donors (Lipinski definition) is 2. The first-order valence-corrected chi connectivity index (χ1v) is 6.84. The monoisotopic (exact) mass is 317 g/mol. The lowest BCUT2D eigenvalue weighted by atomic mass is 10.1. The van der Waals surface area contributed by atoms with Crippen LogP contribution in [0.3, 0.4) is 0 Å². The van der Waals surface area contributed by atoms with Crippen LogP contribution in [0, 0.1) is 16.0 Å². The molecule has 1 atom stereocenters. The van der Waals surface area contributed by atoms with E-state index < -0.39 is 10.8 Å². The van der Waals surface area contributed by atoms with Gasteiger partial charge in [-0.1, -0.05) is 23.2 Å². The fourth-order valence-electron chi connectivity index (χ4n) is 1.96. The second kappa shape index (κ2) is 5.95. The number of benzene rings is 1. The van der Waals surface area contributed by atoms with Crippen LogP contribution in [-0.2, 0) is 0 Å². The Morgan fingerprint density at radius 1 is 1.50 bits per heavy atom. The fraction of sp³-hybridized carbons (Fsp3) is 0.417. The lowest BCUT2D eigenvalue weighted by molar-refractivity contribution is -0.384. The highest BCUT2D eigenvalue weighted by atomic mass is 35.5. The van der Waals surface area contributed by atoms with E-state index in [1.807, 2.05) is 0 Å². The molecule has 1 amide bonds. The maximum Gasteiger partial charge on any atom is 0.271 e. The summed E-state index contributed by atoms with van der Waals surface area (Å²) in [5.74, 6) is -0.125. The fourth-order valence-corrected chi connectivity index (χ4v) is 2.37. The number of carbonyl (C=O) groups excluding carboxylic acids is 1. The van der Waals surface area contributed by atoms with Crippen LogP contribution in [0.5, 0.6) is 0 Å². The van der Waals surface area contributed by atoms with Gasteiger partial charge in [-0.2, -0.15) is 0 Å². The largest absolute Gasteiger partial charge is 0.348 e. The first kappa shape index (κ1) is 15.0. The maximum atomic E-state index is 12.2. The molecule has 1 aromatic rings. The van der Waals surface area contributed by atoms with Gasteiger partial charge in [-0.05, 0) is 18.8 Å². The molecule has 1 unspecified atom stereocenters. The van der Waals surface area contributed by atoms with Gasteiger partial charge in [-0.15, -0.1) is 0 Å². The van der Waals surface area contributed by atoms with Crippen LogP contribution >= 0.6 is 23.2 Å². The van der Waals surface area contributed by atoms with Gasteiger partial charge in [0, 0.05) is 24.7 Å². The van der Waals surface area contributed by atoms with E-state index in [-0.39, 0.29) is 27.3 Å². The molecule has 8 heteroatoms. The summed E-state index contributed by atoms with van der Waals surface area (Å²) in [6.45, 7) is 0.316. The van der Waals surface area contributed by atoms with Crippen LogP contribution in [0.25, 0.3) is 0 Å². The number of amides is 1. The Balaban J connectivity index is 2.26. The smallest absolute Gasteiger partial charge is 0.271 e. The predicted octanol–water partition coefficient (Wildman–Crippen LogP) is 2.37. The van der Waals surface area contributed by atoms with Crippen molar-refractivity contribution < 1.29 is 9.72 Å². The Labute approximate surface area is 125 Å². The van der Waals surface area contributed by atoms with E-state index in [1.54, 1.807) is 0 Å². The molecule has 1 fully saturated rings. The molecular formula is C12H13Cl2N3O3. The molecule has 3 N–H and O–H groups in total. The van der Waals surface area contributed by atoms with E-state index in [0.29, 0.717) is 12.5 Å². The molecule has 0 radical (unpaired) electrons. The SMILES string of the molecule is NCC(NC(=O)c1cc([N+](=O)[O-])cc(Cl)c1Cl)C1CC1. The van der Waals surface area contributed by atoms with Crippen molar-refractivity contribution in [3.63, 3.8) is 0 Å². The highest BCUT2D eigenvalue weighted by Gasteiger charge is 2.32. The number of rotatable bonds is 5. The number of hydrogen-bond acceptors (Lipinski definition) is 4. The molecule has 1 aliphatic rings. The average Bonchev–Trinajstić information content (AvgIpc) is 3.22. The molecule has 1 saturated carbocycles. The third-order valence-corrected chi connectivity index (χ3v) is 4.03. The van der Waals surface area contributed by atoms with E-state index in [0.717, 1.165) is 25.0 Å². The summed E-state index contributed by atoms with van der Waals surface area (Å²) < 4.78 is 0. The Morgan fingerprint density at radius 2 is 2.15 bits per heavy atom. The van der Waals surface area contributed by atoms with E-state index in [9.17, 15) is 14.9 Å². The van der Waals surface area contributed by atoms with Crippen molar-refractivity contribution in [2.75, 3.05) is 6.54 Å². The van der Waals surface area contributed by atoms with Crippen molar-refractivity contribution in [3.05, 3.63) is 37.9 Å². The lowest BCUT2D eigenvalue weighted by Gasteiger charge is -2.16. The number of halogens is 2. The molecule has 2 rings (SSSR count). The molecule has 20 heavy (non-hydrogen) atoms. The quantitative estimate of drug-likeness (QED) is 0.643. The molecule has 0 aromatic heterocycles. The van der Waals surface area contributed by atoms with Gasteiger partial charge in [0.05, 0.1) is 20.5 Å². The van der Waals surface area contributed by atoms with Crippen molar-refractivity contribution in [1.82, 2.24) is 5.32 Å². The third kappa shape index (κ3) is 3.20. The first-order chi connectivity index (χ1) is 9.43. The molecule has 6 nitrogen and oxygen atoms in total. The second-order valence-electron chi connectivity index (χ2n) is 4.70. The number of nitro groups is 1. The van der Waals surface area contributed by atoms with Crippen LogP contribution in [-0.4, -0.2) is 23.4 Å². The van der Waals surface area contributed by atoms with Gasteiger partial charge in [0.15, 0.2) is 0 Å². The van der Waals surface area contributed by atoms with Gasteiger partial charge < -0.3 is 11.1 Å². The zero-order chi connectivity index (χ0) is 14.9. The average molecular weight is 318 g/mol. The minimum atomic E-state index is -0.625. The van der Waals surface area contributed by atoms with E-state index in [2.05, 4.69) is 5.32 Å². The van der Waals surface area contributed by atoms with Gasteiger partial charge in [-0.25, -0.2) is 0 Å². The molecule has 1 aliphatic carbocycles. The van der Waals surface area contributed by atoms with E-state index >= 15 is 0 Å². The summed E-state index contributed by atoms with van der Waals surface area (Å²) in [5.41, 5.74) is 5.32. The van der Waals surface area contributed by atoms with Crippen LogP contribution < -0.4 is 11.1 Å². The predicted molar refractivity (Wildman–Crippen MR) is 76.1 cm³/mol. The topological polar surface area (TPSA) is 98.3 Å². The van der Waals surface area contributed by atoms with Crippen LogP contribution in [0.15, 0.2) is 12.1 Å². The number of nitro benzene ring substituents is 1. The highest BCUT2D eigenvalue weighted by Crippen LogP contribution is 2.34. The Bertz CT molecular complexity index is 561. The van der Waals surface area contributed by atoms with Gasteiger partial charge in [0.2, 0.25) is 0 Å². The summed E-state index contributed by atoms with van der Waals surface area (Å²) in [6.07, 6.45) is 2.04. The summed E-state index contributed by atoms with van der Waals surface area (Å²) in [5, 5.41) is 13.5. The number of non-ortho nitro benzene ring substituents is 1. The lowest BCUT2D eigenvalue weighted by Crippen LogP contribution is -2.41. The van der Waals surface area contributed by atoms with Crippen molar-refractivity contribution >= 4 is 34.8 Å². The molecule has 1 aromatic carbocycles. The normalized spacial score (nSPS) is 15.8. The van der Waals surface area contributed by atoms with E-state index in [4.69, 9.17) is 28.9 Å². The number of carbonyl (C=O) groups is 1. The van der Waals surface area contributed by atoms with Gasteiger partial charge in [-0.3, -0.25) is 14.9 Å². The van der Waals surface area contributed by atoms with Gasteiger partial charge in [0.1, 0.15) is 0 Å². The summed E-state index contributed by atoms with van der Waals surface area (Å²) >= 11 is 11.8. The van der Waals surface area contributed by atoms with Crippen molar-refractivity contribution in [2.24, 2.45) is 11.7 Å². The Kier molecular flexibility index (Phi) is 4.47. The molecule has 0 bridgehead atoms. The zero-order valence-electron chi connectivity index (χ0n) is 10.4. The number of nitrogens with two attached hydrogens (primary N) is 1. The first-order valence-electron chi connectivity index (χ1n) is 6.08. The molecule has 0 saturated heterocycles.